The first-order chi connectivity index (χ1) is 10.2. The van der Waals surface area contributed by atoms with Crippen LogP contribution in [0.3, 0.4) is 0 Å². The highest BCUT2D eigenvalue weighted by atomic mass is 28.4. The second kappa shape index (κ2) is 8.98. The van der Waals surface area contributed by atoms with Crippen LogP contribution in [-0.4, -0.2) is 39.3 Å². The molecular weight excluding hydrogens is 308 g/mol. The number of benzene rings is 1. The van der Waals surface area contributed by atoms with E-state index in [9.17, 15) is 0 Å². The van der Waals surface area contributed by atoms with Crippen LogP contribution in [0.15, 0.2) is 30.3 Å². The Balaban J connectivity index is 0.00000242. The van der Waals surface area contributed by atoms with Crippen molar-refractivity contribution < 1.29 is 13.6 Å². The summed E-state index contributed by atoms with van der Waals surface area (Å²) < 4.78 is 19.0. The van der Waals surface area contributed by atoms with Gasteiger partial charge in [0.2, 0.25) is 0 Å². The molecular formula is C17H32O3Si2. The Morgan fingerprint density at radius 3 is 2.14 bits per heavy atom. The average Bonchev–Trinajstić information content (AvgIpc) is 2.51. The summed E-state index contributed by atoms with van der Waals surface area (Å²) in [6, 6.07) is 11.6. The van der Waals surface area contributed by atoms with E-state index in [0.717, 1.165) is 12.5 Å². The molecule has 1 saturated heterocycles. The van der Waals surface area contributed by atoms with Gasteiger partial charge in [-0.25, -0.2) is 0 Å². The lowest BCUT2D eigenvalue weighted by Gasteiger charge is -2.49. The minimum atomic E-state index is -2.45. The summed E-state index contributed by atoms with van der Waals surface area (Å²) in [7, 11) is -2.45. The maximum absolute atomic E-state index is 6.39. The molecule has 1 fully saturated rings. The van der Waals surface area contributed by atoms with E-state index in [2.05, 4.69) is 51.1 Å². The van der Waals surface area contributed by atoms with Crippen LogP contribution in [0.25, 0.3) is 0 Å². The third-order valence-corrected chi connectivity index (χ3v) is 8.72. The van der Waals surface area contributed by atoms with E-state index in [-0.39, 0.29) is 16.2 Å². The second-order valence-electron chi connectivity index (χ2n) is 5.45. The van der Waals surface area contributed by atoms with Crippen LogP contribution in [-0.2, 0) is 18.8 Å². The van der Waals surface area contributed by atoms with Crippen molar-refractivity contribution in [2.75, 3.05) is 19.8 Å². The van der Waals surface area contributed by atoms with Gasteiger partial charge in [0.25, 0.3) is 0 Å². The molecule has 0 saturated carbocycles. The van der Waals surface area contributed by atoms with Gasteiger partial charge in [0.15, 0.2) is 0 Å². The molecule has 0 aromatic heterocycles. The summed E-state index contributed by atoms with van der Waals surface area (Å²) in [5, 5.41) is -0.368. The first kappa shape index (κ1) is 19.6. The van der Waals surface area contributed by atoms with Crippen LogP contribution in [0.1, 0.15) is 45.6 Å². The van der Waals surface area contributed by atoms with Crippen LogP contribution >= 0.6 is 0 Å². The first-order valence-electron chi connectivity index (χ1n) is 8.22. The number of rotatable bonds is 7. The molecule has 0 N–H and O–H groups in total. The van der Waals surface area contributed by atoms with Crippen LogP contribution in [0.4, 0.5) is 0 Å². The number of hydrogen-bond acceptors (Lipinski definition) is 3. The van der Waals surface area contributed by atoms with E-state index >= 15 is 0 Å². The fraction of sp³-hybridized carbons (Fsp3) is 0.647. The molecule has 1 aliphatic rings. The van der Waals surface area contributed by atoms with Gasteiger partial charge in [-0.3, -0.25) is 0 Å². The lowest BCUT2D eigenvalue weighted by molar-refractivity contribution is -0.0447. The van der Waals surface area contributed by atoms with Gasteiger partial charge >= 0.3 is 8.56 Å². The Labute approximate surface area is 140 Å². The van der Waals surface area contributed by atoms with E-state index in [4.69, 9.17) is 13.6 Å². The van der Waals surface area contributed by atoms with Gasteiger partial charge in [0, 0.05) is 19.8 Å². The average molecular weight is 341 g/mol. The molecule has 1 aliphatic heterocycles. The summed E-state index contributed by atoms with van der Waals surface area (Å²) in [6.07, 6.45) is 3.34. The maximum Gasteiger partial charge on any atom is 0.376 e. The summed E-state index contributed by atoms with van der Waals surface area (Å²) in [6.45, 7) is 8.25. The molecule has 1 aromatic carbocycles. The van der Waals surface area contributed by atoms with Crippen LogP contribution < -0.4 is 0 Å². The molecule has 1 atom stereocenters. The normalized spacial score (nSPS) is 23.8. The van der Waals surface area contributed by atoms with Crippen LogP contribution in [0, 0.1) is 0 Å². The second-order valence-corrected chi connectivity index (χ2v) is 8.84. The van der Waals surface area contributed by atoms with Crippen molar-refractivity contribution >= 4 is 19.5 Å². The molecule has 22 heavy (non-hydrogen) atoms. The largest absolute Gasteiger partial charge is 0.393 e. The quantitative estimate of drug-likeness (QED) is 0.714. The topological polar surface area (TPSA) is 27.7 Å². The third-order valence-electron chi connectivity index (χ3n) is 4.29. The van der Waals surface area contributed by atoms with Crippen LogP contribution in [0.2, 0.25) is 6.04 Å². The fourth-order valence-electron chi connectivity index (χ4n) is 3.59. The Morgan fingerprint density at radius 2 is 1.59 bits per heavy atom. The Hall–Kier alpha value is -0.466. The Bertz CT molecular complexity index is 412. The van der Waals surface area contributed by atoms with Crippen molar-refractivity contribution in [1.29, 1.82) is 0 Å². The fourth-order valence-corrected chi connectivity index (χ4v) is 8.01. The van der Waals surface area contributed by atoms with Gasteiger partial charge in [0.1, 0.15) is 5.22 Å². The van der Waals surface area contributed by atoms with E-state index in [1.54, 1.807) is 0 Å². The molecule has 126 valence electrons. The molecule has 1 unspecified atom stereocenters. The zero-order chi connectivity index (χ0) is 15.2. The summed E-state index contributed by atoms with van der Waals surface area (Å²) in [4.78, 5) is 0. The molecule has 0 amide bonds. The third kappa shape index (κ3) is 3.54. The zero-order valence-electron chi connectivity index (χ0n) is 13.6. The van der Waals surface area contributed by atoms with Gasteiger partial charge in [-0.15, -0.1) is 0 Å². The SMILES string of the molecule is CCOC1(c2ccccc2)CCCC[Si]1(OCC)OCC.[SiH4]. The lowest BCUT2D eigenvalue weighted by atomic mass is 10.0. The van der Waals surface area contributed by atoms with E-state index in [1.807, 2.05) is 0 Å². The van der Waals surface area contributed by atoms with Crippen molar-refractivity contribution in [3.63, 3.8) is 0 Å². The van der Waals surface area contributed by atoms with Gasteiger partial charge in [0.05, 0.1) is 0 Å². The minimum Gasteiger partial charge on any atom is -0.393 e. The summed E-state index contributed by atoms with van der Waals surface area (Å²) in [5.74, 6) is 0. The molecule has 2 rings (SSSR count). The molecule has 0 bridgehead atoms. The monoisotopic (exact) mass is 340 g/mol. The van der Waals surface area contributed by atoms with Crippen molar-refractivity contribution in [1.82, 2.24) is 0 Å². The van der Waals surface area contributed by atoms with Gasteiger partial charge in [-0.1, -0.05) is 43.2 Å². The molecule has 1 heterocycles. The zero-order valence-corrected chi connectivity index (χ0v) is 14.6. The molecule has 0 spiro atoms. The van der Waals surface area contributed by atoms with Crippen molar-refractivity contribution in [2.45, 2.75) is 51.3 Å². The Morgan fingerprint density at radius 1 is 0.955 bits per heavy atom. The van der Waals surface area contributed by atoms with E-state index in [0.29, 0.717) is 19.8 Å². The summed E-state index contributed by atoms with van der Waals surface area (Å²) >= 11 is 0. The van der Waals surface area contributed by atoms with Crippen molar-refractivity contribution in [3.05, 3.63) is 35.9 Å². The summed E-state index contributed by atoms with van der Waals surface area (Å²) in [5.41, 5.74) is 1.22. The number of ether oxygens (including phenoxy) is 1. The highest BCUT2D eigenvalue weighted by molar-refractivity contribution is 6.70. The van der Waals surface area contributed by atoms with Crippen molar-refractivity contribution in [3.8, 4) is 0 Å². The highest BCUT2D eigenvalue weighted by Crippen LogP contribution is 2.47. The Kier molecular flexibility index (Phi) is 7.99. The molecule has 0 radical (unpaired) electrons. The highest BCUT2D eigenvalue weighted by Gasteiger charge is 2.61. The first-order valence-corrected chi connectivity index (χ1v) is 10.2. The maximum atomic E-state index is 6.39. The predicted octanol–water partition coefficient (Wildman–Crippen LogP) is 2.71. The standard InChI is InChI=1S/C17H28O3Si.H4Si/c1-4-18-17(16-12-8-7-9-13-16)14-10-11-15-21(17,19-5-2)20-6-3;/h7-9,12-13H,4-6,10-11,14-15H2,1-3H3;1H4. The van der Waals surface area contributed by atoms with Gasteiger partial charge < -0.3 is 13.6 Å². The molecule has 3 nitrogen and oxygen atoms in total. The van der Waals surface area contributed by atoms with Gasteiger partial charge in [-0.05, 0) is 49.8 Å². The van der Waals surface area contributed by atoms with E-state index in [1.165, 1.54) is 18.4 Å². The van der Waals surface area contributed by atoms with Gasteiger partial charge in [-0.2, -0.15) is 0 Å². The van der Waals surface area contributed by atoms with Crippen molar-refractivity contribution in [2.24, 2.45) is 0 Å². The van der Waals surface area contributed by atoms with Crippen LogP contribution in [0.5, 0.6) is 0 Å². The van der Waals surface area contributed by atoms with E-state index < -0.39 is 8.56 Å². The predicted molar refractivity (Wildman–Crippen MR) is 98.7 cm³/mol. The lowest BCUT2D eigenvalue weighted by Crippen LogP contribution is -2.63. The molecule has 0 aliphatic carbocycles. The molecule has 1 aromatic rings. The minimum absolute atomic E-state index is 0. The molecule has 5 heteroatoms. The number of hydrogen-bond donors (Lipinski definition) is 0. The smallest absolute Gasteiger partial charge is 0.376 e.